The molecule has 2 aromatic heterocycles. The predicted octanol–water partition coefficient (Wildman–Crippen LogP) is 4.31. The van der Waals surface area contributed by atoms with Crippen LogP contribution in [0.5, 0.6) is 5.75 Å². The van der Waals surface area contributed by atoms with Gasteiger partial charge in [-0.25, -0.2) is 4.39 Å². The summed E-state index contributed by atoms with van der Waals surface area (Å²) in [6.07, 6.45) is -2.83. The van der Waals surface area contributed by atoms with Crippen LogP contribution < -0.4 is 10.9 Å². The first-order chi connectivity index (χ1) is 16.1. The van der Waals surface area contributed by atoms with Crippen LogP contribution >= 0.6 is 0 Å². The van der Waals surface area contributed by atoms with Crippen LogP contribution in [0.2, 0.25) is 0 Å². The van der Waals surface area contributed by atoms with Crippen LogP contribution in [0.25, 0.3) is 11.0 Å². The molecule has 0 saturated heterocycles. The molecule has 4 rings (SSSR count). The summed E-state index contributed by atoms with van der Waals surface area (Å²) in [7, 11) is 0. The van der Waals surface area contributed by atoms with Crippen molar-refractivity contribution in [3.8, 4) is 5.75 Å². The summed E-state index contributed by atoms with van der Waals surface area (Å²) in [5.41, 5.74) is -1.36. The first-order valence-electron chi connectivity index (χ1n) is 10.0. The fourth-order valence-electron chi connectivity index (χ4n) is 3.57. The second-order valence-corrected chi connectivity index (χ2v) is 7.56. The fourth-order valence-corrected chi connectivity index (χ4v) is 3.57. The molecule has 0 bridgehead atoms. The van der Waals surface area contributed by atoms with Crippen molar-refractivity contribution < 1.29 is 27.5 Å². The molecule has 0 radical (unpaired) electrons. The van der Waals surface area contributed by atoms with E-state index in [9.17, 15) is 32.3 Å². The first-order valence-corrected chi connectivity index (χ1v) is 10.0. The van der Waals surface area contributed by atoms with Gasteiger partial charge in [0.15, 0.2) is 5.75 Å². The Morgan fingerprint density at radius 1 is 1.06 bits per heavy atom. The number of carbonyl (C=O) groups excluding carboxylic acids is 1. The van der Waals surface area contributed by atoms with E-state index in [4.69, 9.17) is 0 Å². The minimum Gasteiger partial charge on any atom is -0.505 e. The Hall–Kier alpha value is -4.21. The van der Waals surface area contributed by atoms with Gasteiger partial charge in [0.05, 0.1) is 11.1 Å². The second-order valence-electron chi connectivity index (χ2n) is 7.56. The highest BCUT2D eigenvalue weighted by molar-refractivity contribution is 6.01. The number of carbonyl (C=O) groups is 1. The predicted molar refractivity (Wildman–Crippen MR) is 116 cm³/mol. The quantitative estimate of drug-likeness (QED) is 0.378. The average molecular weight is 471 g/mol. The van der Waals surface area contributed by atoms with Gasteiger partial charge in [-0.1, -0.05) is 36.4 Å². The summed E-state index contributed by atoms with van der Waals surface area (Å²) < 4.78 is 52.8. The molecule has 34 heavy (non-hydrogen) atoms. The topological polar surface area (TPSA) is 95.1 Å². The lowest BCUT2D eigenvalue weighted by atomic mass is 10.1. The molecule has 0 saturated carbocycles. The van der Waals surface area contributed by atoms with Crippen LogP contribution in [-0.4, -0.2) is 21.0 Å². The van der Waals surface area contributed by atoms with Crippen molar-refractivity contribution in [1.29, 1.82) is 0 Å². The van der Waals surface area contributed by atoms with E-state index < -0.39 is 52.4 Å². The number of pyridine rings is 2. The number of nitrogens with zero attached hydrogens (tertiary/aromatic N) is 1. The molecule has 0 spiro atoms. The van der Waals surface area contributed by atoms with Crippen molar-refractivity contribution in [1.82, 2.24) is 15.3 Å². The first kappa shape index (κ1) is 23.0. The number of benzene rings is 2. The van der Waals surface area contributed by atoms with Gasteiger partial charge in [0.2, 0.25) is 0 Å². The molecular weight excluding hydrogens is 454 g/mol. The molecule has 0 aliphatic heterocycles. The van der Waals surface area contributed by atoms with Gasteiger partial charge in [0.25, 0.3) is 11.5 Å². The molecule has 0 aliphatic carbocycles. The number of aromatic amines is 1. The summed E-state index contributed by atoms with van der Waals surface area (Å²) in [5, 5.41) is 12.7. The summed E-state index contributed by atoms with van der Waals surface area (Å²) in [5.74, 6) is -2.88. The number of hydrogen-bond acceptors (Lipinski definition) is 4. The van der Waals surface area contributed by atoms with Crippen molar-refractivity contribution >= 4 is 16.9 Å². The average Bonchev–Trinajstić information content (AvgIpc) is 2.78. The molecule has 3 N–H and O–H groups in total. The van der Waals surface area contributed by atoms with E-state index in [-0.39, 0.29) is 11.0 Å². The van der Waals surface area contributed by atoms with Gasteiger partial charge >= 0.3 is 6.18 Å². The van der Waals surface area contributed by atoms with E-state index in [1.54, 1.807) is 6.07 Å². The Balaban J connectivity index is 1.60. The summed E-state index contributed by atoms with van der Waals surface area (Å²) in [4.78, 5) is 31.7. The SMILES string of the molecule is O=C(NCc1ccc(F)cc1C(F)(F)F)c1c(O)c2ncc(Cc3ccccc3)cc2[nH]c1=O. The Bertz CT molecular complexity index is 1430. The summed E-state index contributed by atoms with van der Waals surface area (Å²) in [6, 6.07) is 13.1. The van der Waals surface area contributed by atoms with E-state index in [0.29, 0.717) is 12.5 Å². The third-order valence-electron chi connectivity index (χ3n) is 5.18. The van der Waals surface area contributed by atoms with Crippen LogP contribution in [0.3, 0.4) is 0 Å². The molecular formula is C24H17F4N3O3. The van der Waals surface area contributed by atoms with E-state index in [0.717, 1.165) is 23.3 Å². The third-order valence-corrected chi connectivity index (χ3v) is 5.18. The Morgan fingerprint density at radius 2 is 1.79 bits per heavy atom. The van der Waals surface area contributed by atoms with Gasteiger partial charge in [0, 0.05) is 12.7 Å². The maximum Gasteiger partial charge on any atom is 0.416 e. The molecule has 4 aromatic rings. The number of halogens is 4. The summed E-state index contributed by atoms with van der Waals surface area (Å²) in [6.45, 7) is -0.645. The highest BCUT2D eigenvalue weighted by Gasteiger charge is 2.34. The number of amides is 1. The normalized spacial score (nSPS) is 11.5. The van der Waals surface area contributed by atoms with E-state index in [1.165, 1.54) is 6.20 Å². The fraction of sp³-hybridized carbons (Fsp3) is 0.125. The monoisotopic (exact) mass is 471 g/mol. The van der Waals surface area contributed by atoms with Crippen molar-refractivity contribution in [3.63, 3.8) is 0 Å². The van der Waals surface area contributed by atoms with Gasteiger partial charge in [0.1, 0.15) is 16.9 Å². The van der Waals surface area contributed by atoms with Gasteiger partial charge in [-0.2, -0.15) is 13.2 Å². The number of alkyl halides is 3. The maximum atomic E-state index is 13.3. The molecule has 6 nitrogen and oxygen atoms in total. The standard InChI is InChI=1S/C24H17F4N3O3/c25-16-7-6-15(17(10-16)24(26,27)28)12-30-22(33)19-21(32)20-18(31-23(19)34)9-14(11-29-20)8-13-4-2-1-3-5-13/h1-7,9-11H,8,12H2,(H,30,33)(H2,31,32,34). The maximum absolute atomic E-state index is 13.3. The zero-order chi connectivity index (χ0) is 24.5. The molecule has 0 fully saturated rings. The van der Waals surface area contributed by atoms with Crippen molar-refractivity contribution in [2.45, 2.75) is 19.1 Å². The minimum atomic E-state index is -4.84. The molecule has 1 amide bonds. The van der Waals surface area contributed by atoms with Crippen molar-refractivity contribution in [2.24, 2.45) is 0 Å². The smallest absolute Gasteiger partial charge is 0.416 e. The van der Waals surface area contributed by atoms with Crippen LogP contribution in [-0.2, 0) is 19.1 Å². The van der Waals surface area contributed by atoms with Crippen LogP contribution in [0.1, 0.15) is 32.6 Å². The highest BCUT2D eigenvalue weighted by atomic mass is 19.4. The van der Waals surface area contributed by atoms with E-state index in [2.05, 4.69) is 15.3 Å². The van der Waals surface area contributed by atoms with Crippen LogP contribution in [0.4, 0.5) is 17.6 Å². The zero-order valence-electron chi connectivity index (χ0n) is 17.4. The molecule has 0 atom stereocenters. The minimum absolute atomic E-state index is 0.0423. The number of H-pyrrole nitrogens is 1. The van der Waals surface area contributed by atoms with Gasteiger partial charge in [-0.05, 0) is 41.3 Å². The summed E-state index contributed by atoms with van der Waals surface area (Å²) >= 11 is 0. The number of rotatable bonds is 5. The lowest BCUT2D eigenvalue weighted by Crippen LogP contribution is -2.30. The van der Waals surface area contributed by atoms with Crippen molar-refractivity contribution in [3.05, 3.63) is 105 Å². The van der Waals surface area contributed by atoms with Crippen LogP contribution in [0.15, 0.2) is 65.6 Å². The molecule has 2 aromatic carbocycles. The van der Waals surface area contributed by atoms with Gasteiger partial charge in [-0.15, -0.1) is 0 Å². The van der Waals surface area contributed by atoms with Gasteiger partial charge in [-0.3, -0.25) is 14.6 Å². The Morgan fingerprint density at radius 3 is 2.50 bits per heavy atom. The zero-order valence-corrected chi connectivity index (χ0v) is 17.4. The highest BCUT2D eigenvalue weighted by Crippen LogP contribution is 2.32. The number of hydrogen-bond donors (Lipinski definition) is 3. The Kier molecular flexibility index (Phi) is 6.06. The van der Waals surface area contributed by atoms with Gasteiger partial charge < -0.3 is 15.4 Å². The molecule has 2 heterocycles. The largest absolute Gasteiger partial charge is 0.505 e. The number of aromatic hydroxyl groups is 1. The molecule has 0 unspecified atom stereocenters. The number of aromatic nitrogens is 2. The third kappa shape index (κ3) is 4.75. The lowest BCUT2D eigenvalue weighted by Gasteiger charge is -2.14. The molecule has 174 valence electrons. The van der Waals surface area contributed by atoms with Crippen LogP contribution in [0, 0.1) is 5.82 Å². The number of nitrogens with one attached hydrogen (secondary N) is 2. The second kappa shape index (κ2) is 8.97. The molecule has 10 heteroatoms. The van der Waals surface area contributed by atoms with E-state index in [1.807, 2.05) is 30.3 Å². The molecule has 0 aliphatic rings. The lowest BCUT2D eigenvalue weighted by molar-refractivity contribution is -0.138. The van der Waals surface area contributed by atoms with E-state index >= 15 is 0 Å². The Labute approximate surface area is 189 Å². The van der Waals surface area contributed by atoms with Crippen molar-refractivity contribution in [2.75, 3.05) is 0 Å². The number of fused-ring (bicyclic) bond motifs is 1.